The number of anilines is 1. The normalized spacial score (nSPS) is 21.2. The summed E-state index contributed by atoms with van der Waals surface area (Å²) in [7, 11) is -3.60. The Morgan fingerprint density at radius 2 is 1.94 bits per heavy atom. The quantitative estimate of drug-likeness (QED) is 0.676. The van der Waals surface area contributed by atoms with Crippen molar-refractivity contribution in [3.63, 3.8) is 0 Å². The third kappa shape index (κ3) is 5.75. The largest absolute Gasteiger partial charge is 0.298 e. The molecular weight excluding hydrogens is 444 g/mol. The van der Waals surface area contributed by atoms with Crippen molar-refractivity contribution in [1.29, 1.82) is 0 Å². The number of carbonyl (C=O) groups excluding carboxylic acids is 1. The molecule has 1 aromatic carbocycles. The molecule has 1 amide bonds. The van der Waals surface area contributed by atoms with Crippen LogP contribution in [0.3, 0.4) is 0 Å². The molecule has 2 saturated heterocycles. The smallest absolute Gasteiger partial charge is 0.257 e. The number of sulfonamides is 1. The Bertz CT molecular complexity index is 1030. The number of piperidine rings is 1. The van der Waals surface area contributed by atoms with E-state index in [0.717, 1.165) is 51.0 Å². The van der Waals surface area contributed by atoms with E-state index in [0.29, 0.717) is 29.7 Å². The predicted octanol–water partition coefficient (Wildman–Crippen LogP) is 4.19. The number of nitrogens with one attached hydrogen (secondary N) is 1. The molecule has 7 nitrogen and oxygen atoms in total. The molecule has 4 rings (SSSR count). The van der Waals surface area contributed by atoms with Crippen molar-refractivity contribution in [1.82, 2.24) is 14.2 Å². The maximum absolute atomic E-state index is 13.1. The zero-order valence-corrected chi connectivity index (χ0v) is 20.3. The standard InChI is InChI=1S/C23H32N4O3S2/c1-18-8-7-11-26(15-18)16-20-17-31-23(24-20)25-22(28)19-9-6-10-21(14-19)32(29,30)27-12-4-2-3-5-13-27/h6,9-10,14,17-18H,2-5,7-8,11-13,15-16H2,1H3,(H,24,25,28). The van der Waals surface area contributed by atoms with Crippen molar-refractivity contribution >= 4 is 32.4 Å². The van der Waals surface area contributed by atoms with Crippen LogP contribution in [0.5, 0.6) is 0 Å². The lowest BCUT2D eigenvalue weighted by molar-refractivity contribution is 0.102. The third-order valence-electron chi connectivity index (χ3n) is 6.20. The van der Waals surface area contributed by atoms with Gasteiger partial charge in [-0.15, -0.1) is 11.3 Å². The first kappa shape index (κ1) is 23.4. The second-order valence-electron chi connectivity index (χ2n) is 8.93. The number of aromatic nitrogens is 1. The molecule has 0 saturated carbocycles. The lowest BCUT2D eigenvalue weighted by Crippen LogP contribution is -2.33. The highest BCUT2D eigenvalue weighted by atomic mass is 32.2. The number of amides is 1. The first-order valence-corrected chi connectivity index (χ1v) is 13.8. The SMILES string of the molecule is CC1CCCN(Cc2csc(NC(=O)c3cccc(S(=O)(=O)N4CCCCCC4)c3)n2)C1. The van der Waals surface area contributed by atoms with Gasteiger partial charge in [0.15, 0.2) is 5.13 Å². The van der Waals surface area contributed by atoms with Crippen LogP contribution in [0.4, 0.5) is 5.13 Å². The number of nitrogens with zero attached hydrogens (tertiary/aromatic N) is 3. The highest BCUT2D eigenvalue weighted by molar-refractivity contribution is 7.89. The van der Waals surface area contributed by atoms with Gasteiger partial charge in [-0.1, -0.05) is 25.8 Å². The second kappa shape index (κ2) is 10.4. The van der Waals surface area contributed by atoms with E-state index in [1.165, 1.54) is 30.2 Å². The van der Waals surface area contributed by atoms with E-state index in [1.807, 2.05) is 5.38 Å². The van der Waals surface area contributed by atoms with Crippen LogP contribution in [0.25, 0.3) is 0 Å². The number of thiazole rings is 1. The molecule has 2 aliphatic rings. The summed E-state index contributed by atoms with van der Waals surface area (Å²) in [6.45, 7) is 6.31. The summed E-state index contributed by atoms with van der Waals surface area (Å²) in [6.07, 6.45) is 6.36. The molecule has 2 fully saturated rings. The Balaban J connectivity index is 1.41. The second-order valence-corrected chi connectivity index (χ2v) is 11.7. The third-order valence-corrected chi connectivity index (χ3v) is 8.90. The highest BCUT2D eigenvalue weighted by Gasteiger charge is 2.26. The molecule has 1 aromatic heterocycles. The van der Waals surface area contributed by atoms with Crippen LogP contribution in [0.2, 0.25) is 0 Å². The van der Waals surface area contributed by atoms with Crippen LogP contribution in [-0.2, 0) is 16.6 Å². The molecule has 1 N–H and O–H groups in total. The molecule has 2 aliphatic heterocycles. The average Bonchev–Trinajstić information content (AvgIpc) is 3.03. The van der Waals surface area contributed by atoms with E-state index in [9.17, 15) is 13.2 Å². The van der Waals surface area contributed by atoms with Crippen LogP contribution in [0.15, 0.2) is 34.5 Å². The highest BCUT2D eigenvalue weighted by Crippen LogP contribution is 2.23. The molecule has 3 heterocycles. The van der Waals surface area contributed by atoms with Gasteiger partial charge in [-0.05, 0) is 56.3 Å². The summed E-state index contributed by atoms with van der Waals surface area (Å²) in [4.78, 5) is 20.0. The Labute approximate surface area is 194 Å². The van der Waals surface area contributed by atoms with Gasteiger partial charge in [0, 0.05) is 37.1 Å². The molecule has 0 bridgehead atoms. The van der Waals surface area contributed by atoms with E-state index < -0.39 is 10.0 Å². The van der Waals surface area contributed by atoms with Crippen LogP contribution in [0.1, 0.15) is 61.5 Å². The number of hydrogen-bond acceptors (Lipinski definition) is 6. The molecule has 1 atom stereocenters. The first-order chi connectivity index (χ1) is 15.4. The lowest BCUT2D eigenvalue weighted by atomic mass is 10.0. The summed E-state index contributed by atoms with van der Waals surface area (Å²) >= 11 is 1.40. The van der Waals surface area contributed by atoms with Crippen molar-refractivity contribution in [2.45, 2.75) is 56.9 Å². The van der Waals surface area contributed by atoms with Crippen LogP contribution in [0, 0.1) is 5.92 Å². The number of likely N-dealkylation sites (tertiary alicyclic amines) is 1. The molecule has 0 spiro atoms. The van der Waals surface area contributed by atoms with Crippen molar-refractivity contribution < 1.29 is 13.2 Å². The van der Waals surface area contributed by atoms with Gasteiger partial charge in [-0.3, -0.25) is 15.0 Å². The summed E-state index contributed by atoms with van der Waals surface area (Å²) in [6, 6.07) is 6.31. The van der Waals surface area contributed by atoms with Gasteiger partial charge in [0.2, 0.25) is 10.0 Å². The van der Waals surface area contributed by atoms with Gasteiger partial charge in [0.25, 0.3) is 5.91 Å². The molecule has 32 heavy (non-hydrogen) atoms. The minimum Gasteiger partial charge on any atom is -0.298 e. The Morgan fingerprint density at radius 3 is 2.69 bits per heavy atom. The lowest BCUT2D eigenvalue weighted by Gasteiger charge is -2.30. The minimum atomic E-state index is -3.60. The minimum absolute atomic E-state index is 0.172. The number of hydrogen-bond donors (Lipinski definition) is 1. The van der Waals surface area contributed by atoms with Crippen molar-refractivity contribution in [3.8, 4) is 0 Å². The Kier molecular flexibility index (Phi) is 7.60. The van der Waals surface area contributed by atoms with Gasteiger partial charge in [0.1, 0.15) is 0 Å². The van der Waals surface area contributed by atoms with Crippen LogP contribution >= 0.6 is 11.3 Å². The van der Waals surface area contributed by atoms with Crippen LogP contribution < -0.4 is 5.32 Å². The van der Waals surface area contributed by atoms with Crippen molar-refractivity contribution in [3.05, 3.63) is 40.9 Å². The molecule has 0 aliphatic carbocycles. The fourth-order valence-electron chi connectivity index (χ4n) is 4.49. The monoisotopic (exact) mass is 476 g/mol. The molecule has 2 aromatic rings. The van der Waals surface area contributed by atoms with Crippen molar-refractivity contribution in [2.24, 2.45) is 5.92 Å². The fraction of sp³-hybridized carbons (Fsp3) is 0.565. The predicted molar refractivity (Wildman–Crippen MR) is 127 cm³/mol. The van der Waals surface area contributed by atoms with E-state index in [1.54, 1.807) is 22.5 Å². The Hall–Kier alpha value is -1.81. The molecule has 174 valence electrons. The maximum atomic E-state index is 13.1. The molecule has 1 unspecified atom stereocenters. The van der Waals surface area contributed by atoms with E-state index in [-0.39, 0.29) is 10.8 Å². The van der Waals surface area contributed by atoms with Gasteiger partial charge in [-0.2, -0.15) is 4.31 Å². The maximum Gasteiger partial charge on any atom is 0.257 e. The van der Waals surface area contributed by atoms with Crippen LogP contribution in [-0.4, -0.2) is 54.7 Å². The molecule has 9 heteroatoms. The summed E-state index contributed by atoms with van der Waals surface area (Å²) in [5, 5.41) is 5.35. The van der Waals surface area contributed by atoms with E-state index in [4.69, 9.17) is 0 Å². The summed E-state index contributed by atoms with van der Waals surface area (Å²) in [5.41, 5.74) is 1.28. The average molecular weight is 477 g/mol. The zero-order chi connectivity index (χ0) is 22.6. The zero-order valence-electron chi connectivity index (χ0n) is 18.6. The molecular formula is C23H32N4O3S2. The fourth-order valence-corrected chi connectivity index (χ4v) is 6.75. The number of carbonyl (C=O) groups is 1. The first-order valence-electron chi connectivity index (χ1n) is 11.5. The van der Waals surface area contributed by atoms with Gasteiger partial charge in [-0.25, -0.2) is 13.4 Å². The topological polar surface area (TPSA) is 82.6 Å². The Morgan fingerprint density at radius 1 is 1.16 bits per heavy atom. The summed E-state index contributed by atoms with van der Waals surface area (Å²) < 4.78 is 27.7. The number of benzene rings is 1. The van der Waals surface area contributed by atoms with E-state index >= 15 is 0 Å². The molecule has 0 radical (unpaired) electrons. The van der Waals surface area contributed by atoms with Gasteiger partial charge < -0.3 is 0 Å². The van der Waals surface area contributed by atoms with Crippen molar-refractivity contribution in [2.75, 3.05) is 31.5 Å². The van der Waals surface area contributed by atoms with E-state index in [2.05, 4.69) is 22.1 Å². The van der Waals surface area contributed by atoms with Gasteiger partial charge >= 0.3 is 0 Å². The van der Waals surface area contributed by atoms with Gasteiger partial charge in [0.05, 0.1) is 10.6 Å². The number of rotatable bonds is 6. The summed E-state index contributed by atoms with van der Waals surface area (Å²) in [5.74, 6) is 0.366.